The van der Waals surface area contributed by atoms with Crippen LogP contribution in [0.1, 0.15) is 23.6 Å². The van der Waals surface area contributed by atoms with Crippen LogP contribution in [0.25, 0.3) is 5.69 Å². The van der Waals surface area contributed by atoms with Gasteiger partial charge >= 0.3 is 0 Å². The topological polar surface area (TPSA) is 50.2 Å². The minimum Gasteiger partial charge on any atom is -0.355 e. The predicted octanol–water partition coefficient (Wildman–Crippen LogP) is 2.94. The van der Waals surface area contributed by atoms with Crippen LogP contribution in [0.2, 0.25) is 0 Å². The second kappa shape index (κ2) is 7.54. The highest BCUT2D eigenvalue weighted by Crippen LogP contribution is 2.27. The maximum absolute atomic E-state index is 12.1. The number of amides is 1. The van der Waals surface area contributed by atoms with E-state index in [9.17, 15) is 4.79 Å². The van der Waals surface area contributed by atoms with Gasteiger partial charge in [-0.2, -0.15) is 0 Å². The summed E-state index contributed by atoms with van der Waals surface area (Å²) in [5.74, 6) is 0.122. The molecule has 26 heavy (non-hydrogen) atoms. The van der Waals surface area contributed by atoms with Crippen molar-refractivity contribution in [3.63, 3.8) is 0 Å². The fraction of sp³-hybridized carbons (Fsp3) is 0.238. The molecule has 0 radical (unpaired) electrons. The lowest BCUT2D eigenvalue weighted by molar-refractivity contribution is -0.121. The largest absolute Gasteiger partial charge is 0.355 e. The van der Waals surface area contributed by atoms with Gasteiger partial charge < -0.3 is 9.88 Å². The Kier molecular flexibility index (Phi) is 4.80. The van der Waals surface area contributed by atoms with E-state index in [0.717, 1.165) is 18.8 Å². The first-order chi connectivity index (χ1) is 12.8. The highest BCUT2D eigenvalue weighted by Gasteiger charge is 2.26. The average Bonchev–Trinajstić information content (AvgIpc) is 3.15. The van der Waals surface area contributed by atoms with Gasteiger partial charge in [0.05, 0.1) is 6.33 Å². The van der Waals surface area contributed by atoms with Gasteiger partial charge in [0.25, 0.3) is 0 Å². The first-order valence-electron chi connectivity index (χ1n) is 8.92. The van der Waals surface area contributed by atoms with Crippen molar-refractivity contribution < 1.29 is 4.79 Å². The number of benzene rings is 2. The van der Waals surface area contributed by atoms with Gasteiger partial charge in [-0.15, -0.1) is 0 Å². The number of hydrogen-bond acceptors (Lipinski definition) is 3. The molecular formula is C21H22N4O. The van der Waals surface area contributed by atoms with Crippen LogP contribution in [0, 0.1) is 0 Å². The summed E-state index contributed by atoms with van der Waals surface area (Å²) in [5.41, 5.74) is 3.53. The number of imidazole rings is 1. The molecule has 1 amide bonds. The zero-order chi connectivity index (χ0) is 17.8. The second-order valence-corrected chi connectivity index (χ2v) is 6.59. The second-order valence-electron chi connectivity index (χ2n) is 6.59. The van der Waals surface area contributed by atoms with Crippen molar-refractivity contribution in [2.24, 2.45) is 0 Å². The third-order valence-electron chi connectivity index (χ3n) is 4.85. The summed E-state index contributed by atoms with van der Waals surface area (Å²) in [6.45, 7) is 2.35. The van der Waals surface area contributed by atoms with Crippen LogP contribution in [0.4, 0.5) is 0 Å². The summed E-state index contributed by atoms with van der Waals surface area (Å²) in [7, 11) is 0. The molecule has 4 rings (SSSR count). The van der Waals surface area contributed by atoms with E-state index in [1.807, 2.05) is 29.0 Å². The summed E-state index contributed by atoms with van der Waals surface area (Å²) in [6.07, 6.45) is 6.01. The van der Waals surface area contributed by atoms with Crippen molar-refractivity contribution in [1.82, 2.24) is 19.8 Å². The maximum Gasteiger partial charge on any atom is 0.221 e. The molecule has 3 aromatic rings. The van der Waals surface area contributed by atoms with Gasteiger partial charge in [0.15, 0.2) is 0 Å². The van der Waals surface area contributed by atoms with E-state index in [1.54, 1.807) is 12.5 Å². The minimum atomic E-state index is 0.104. The number of rotatable bonds is 4. The average molecular weight is 346 g/mol. The summed E-state index contributed by atoms with van der Waals surface area (Å²) in [6, 6.07) is 18.9. The lowest BCUT2D eigenvalue weighted by Gasteiger charge is -2.29. The Morgan fingerprint density at radius 3 is 2.62 bits per heavy atom. The Hall–Kier alpha value is -2.92. The van der Waals surface area contributed by atoms with Crippen molar-refractivity contribution in [2.45, 2.75) is 19.0 Å². The molecule has 1 aliphatic rings. The first-order valence-corrected chi connectivity index (χ1v) is 8.92. The van der Waals surface area contributed by atoms with Crippen LogP contribution in [-0.2, 0) is 11.3 Å². The number of hydrogen-bond donors (Lipinski definition) is 1. The van der Waals surface area contributed by atoms with Crippen molar-refractivity contribution >= 4 is 5.91 Å². The summed E-state index contributed by atoms with van der Waals surface area (Å²) < 4.78 is 1.99. The van der Waals surface area contributed by atoms with Gasteiger partial charge in [0, 0.05) is 50.2 Å². The molecular weight excluding hydrogens is 324 g/mol. The molecule has 1 fully saturated rings. The molecule has 1 aromatic heterocycles. The Morgan fingerprint density at radius 1 is 1.08 bits per heavy atom. The van der Waals surface area contributed by atoms with Crippen LogP contribution in [0.15, 0.2) is 73.3 Å². The summed E-state index contributed by atoms with van der Waals surface area (Å²) in [4.78, 5) is 18.6. The lowest BCUT2D eigenvalue weighted by atomic mass is 10.0. The molecule has 1 atom stereocenters. The van der Waals surface area contributed by atoms with Gasteiger partial charge in [-0.3, -0.25) is 9.69 Å². The molecule has 132 valence electrons. The molecule has 0 bridgehead atoms. The Labute approximate surface area is 153 Å². The van der Waals surface area contributed by atoms with Crippen LogP contribution < -0.4 is 5.32 Å². The van der Waals surface area contributed by atoms with Gasteiger partial charge in [0.2, 0.25) is 5.91 Å². The molecule has 0 aliphatic carbocycles. The number of nitrogens with one attached hydrogen (secondary N) is 1. The zero-order valence-corrected chi connectivity index (χ0v) is 14.6. The van der Waals surface area contributed by atoms with E-state index in [2.05, 4.69) is 51.6 Å². The molecule has 5 heteroatoms. The summed E-state index contributed by atoms with van der Waals surface area (Å²) >= 11 is 0. The van der Waals surface area contributed by atoms with Crippen molar-refractivity contribution in [3.05, 3.63) is 84.4 Å². The van der Waals surface area contributed by atoms with Crippen LogP contribution in [0.3, 0.4) is 0 Å². The van der Waals surface area contributed by atoms with E-state index in [4.69, 9.17) is 0 Å². The van der Waals surface area contributed by atoms with Crippen LogP contribution in [0.5, 0.6) is 0 Å². The van der Waals surface area contributed by atoms with E-state index in [1.165, 1.54) is 11.1 Å². The molecule has 1 saturated heterocycles. The molecule has 1 aliphatic heterocycles. The van der Waals surface area contributed by atoms with Gasteiger partial charge in [-0.25, -0.2) is 4.98 Å². The Balaban J connectivity index is 1.55. The number of carbonyl (C=O) groups is 1. The first kappa shape index (κ1) is 16.5. The fourth-order valence-electron chi connectivity index (χ4n) is 3.48. The van der Waals surface area contributed by atoms with Crippen molar-refractivity contribution in [1.29, 1.82) is 0 Å². The molecule has 1 unspecified atom stereocenters. The Morgan fingerprint density at radius 2 is 1.88 bits per heavy atom. The number of aromatic nitrogens is 2. The van der Waals surface area contributed by atoms with E-state index in [-0.39, 0.29) is 11.9 Å². The van der Waals surface area contributed by atoms with E-state index in [0.29, 0.717) is 13.0 Å². The summed E-state index contributed by atoms with van der Waals surface area (Å²) in [5, 5.41) is 3.00. The Bertz CT molecular complexity index is 843. The van der Waals surface area contributed by atoms with Crippen molar-refractivity contribution in [3.8, 4) is 5.69 Å². The van der Waals surface area contributed by atoms with Crippen molar-refractivity contribution in [2.75, 3.05) is 13.1 Å². The van der Waals surface area contributed by atoms with Crippen LogP contribution >= 0.6 is 0 Å². The monoisotopic (exact) mass is 346 g/mol. The smallest absolute Gasteiger partial charge is 0.221 e. The van der Waals surface area contributed by atoms with E-state index >= 15 is 0 Å². The molecule has 2 heterocycles. The molecule has 1 N–H and O–H groups in total. The molecule has 2 aromatic carbocycles. The highest BCUT2D eigenvalue weighted by molar-refractivity contribution is 5.77. The van der Waals surface area contributed by atoms with Gasteiger partial charge in [-0.05, 0) is 23.3 Å². The fourth-order valence-corrected chi connectivity index (χ4v) is 3.48. The molecule has 5 nitrogen and oxygen atoms in total. The lowest BCUT2D eigenvalue weighted by Crippen LogP contribution is -2.30. The quantitative estimate of drug-likeness (QED) is 0.790. The number of nitrogens with zero attached hydrogens (tertiary/aromatic N) is 3. The third-order valence-corrected chi connectivity index (χ3v) is 4.85. The van der Waals surface area contributed by atoms with Crippen LogP contribution in [-0.4, -0.2) is 33.4 Å². The third kappa shape index (κ3) is 3.68. The maximum atomic E-state index is 12.1. The molecule has 0 spiro atoms. The predicted molar refractivity (Wildman–Crippen MR) is 101 cm³/mol. The minimum absolute atomic E-state index is 0.104. The highest BCUT2D eigenvalue weighted by atomic mass is 16.1. The van der Waals surface area contributed by atoms with Gasteiger partial charge in [-0.1, -0.05) is 42.5 Å². The standard InChI is InChI=1S/C21H22N4O/c26-21-14-20(18-4-2-1-3-5-18)24(13-11-23-21)15-17-6-8-19(9-7-17)25-12-10-22-16-25/h1-10,12,16,20H,11,13-15H2,(H,23,26). The zero-order valence-electron chi connectivity index (χ0n) is 14.6. The normalized spacial score (nSPS) is 18.3. The van der Waals surface area contributed by atoms with Gasteiger partial charge in [0.1, 0.15) is 0 Å². The van der Waals surface area contributed by atoms with E-state index < -0.39 is 0 Å². The SMILES string of the molecule is O=C1CC(c2ccccc2)N(Cc2ccc(-n3ccnc3)cc2)CCN1. The molecule has 0 saturated carbocycles. The number of carbonyl (C=O) groups excluding carboxylic acids is 1.